The summed E-state index contributed by atoms with van der Waals surface area (Å²) >= 11 is 0. The molecular weight excluding hydrogens is 316 g/mol. The highest BCUT2D eigenvalue weighted by atomic mass is 32.2. The van der Waals surface area contributed by atoms with Crippen LogP contribution in [-0.4, -0.2) is 48.8 Å². The maximum atomic E-state index is 12.6. The third-order valence-electron chi connectivity index (χ3n) is 4.32. The minimum Gasteiger partial charge on any atom is -0.323 e. The van der Waals surface area contributed by atoms with Gasteiger partial charge >= 0.3 is 6.03 Å². The Morgan fingerprint density at radius 2 is 1.78 bits per heavy atom. The first kappa shape index (κ1) is 15.7. The van der Waals surface area contributed by atoms with Gasteiger partial charge in [0.15, 0.2) is 9.84 Å². The molecule has 2 fully saturated rings. The largest absolute Gasteiger partial charge is 0.325 e. The van der Waals surface area contributed by atoms with Crippen LogP contribution < -0.4 is 5.32 Å². The number of carbonyl (C=O) groups is 2. The first-order chi connectivity index (χ1) is 10.9. The number of hydrogen-bond donors (Lipinski definition) is 1. The monoisotopic (exact) mass is 334 g/mol. The molecule has 0 aliphatic carbocycles. The topological polar surface area (TPSA) is 83.5 Å². The molecule has 7 heteroatoms. The number of urea groups is 1. The number of nitrogens with zero attached hydrogens (tertiary/aromatic N) is 1. The van der Waals surface area contributed by atoms with Crippen molar-refractivity contribution in [2.45, 2.75) is 18.4 Å². The Morgan fingerprint density at radius 3 is 2.43 bits per heavy atom. The minimum absolute atomic E-state index is 0.0628. The van der Waals surface area contributed by atoms with Crippen LogP contribution >= 0.6 is 0 Å². The van der Waals surface area contributed by atoms with E-state index in [4.69, 9.17) is 0 Å². The predicted molar refractivity (Wildman–Crippen MR) is 86.3 cm³/mol. The maximum absolute atomic E-state index is 12.6. The third-order valence-corrected chi connectivity index (χ3v) is 5.98. The van der Waals surface area contributed by atoms with Crippen LogP contribution in [0.15, 0.2) is 36.4 Å². The lowest BCUT2D eigenvalue weighted by Gasteiger charge is -2.30. The molecule has 0 unspecified atom stereocenters. The number of rotatable bonds is 3. The summed E-state index contributed by atoms with van der Waals surface area (Å²) in [5.41, 5.74) is -0.0544. The Morgan fingerprint density at radius 1 is 1.13 bits per heavy atom. The Hall–Kier alpha value is -2.15. The van der Waals surface area contributed by atoms with Crippen molar-refractivity contribution in [2.24, 2.45) is 0 Å². The van der Waals surface area contributed by atoms with E-state index in [0.717, 1.165) is 10.5 Å². The van der Waals surface area contributed by atoms with E-state index in [1.54, 1.807) is 6.08 Å². The normalized spacial score (nSPS) is 22.7. The molecule has 0 aromatic heterocycles. The number of hydrogen-bond acceptors (Lipinski definition) is 4. The van der Waals surface area contributed by atoms with Crippen molar-refractivity contribution < 1.29 is 18.0 Å². The summed E-state index contributed by atoms with van der Waals surface area (Å²) in [7, 11) is -3.09. The highest BCUT2D eigenvalue weighted by molar-refractivity contribution is 7.91. The van der Waals surface area contributed by atoms with Crippen LogP contribution in [0.4, 0.5) is 4.79 Å². The van der Waals surface area contributed by atoms with Crippen molar-refractivity contribution in [3.8, 4) is 0 Å². The summed E-state index contributed by atoms with van der Waals surface area (Å²) in [5, 5.41) is 2.69. The van der Waals surface area contributed by atoms with E-state index in [-0.39, 0.29) is 36.8 Å². The Kier molecular flexibility index (Phi) is 3.97. The van der Waals surface area contributed by atoms with E-state index in [1.807, 2.05) is 36.4 Å². The fourth-order valence-electron chi connectivity index (χ4n) is 2.93. The molecule has 0 radical (unpaired) electrons. The van der Waals surface area contributed by atoms with Crippen molar-refractivity contribution in [2.75, 3.05) is 18.1 Å². The molecule has 3 rings (SSSR count). The number of nitrogens with one attached hydrogen (secondary N) is 1. The second kappa shape index (κ2) is 5.81. The molecule has 1 N–H and O–H groups in total. The number of carbonyl (C=O) groups excluding carboxylic acids is 2. The molecule has 2 aliphatic rings. The van der Waals surface area contributed by atoms with E-state index in [2.05, 4.69) is 5.32 Å². The van der Waals surface area contributed by atoms with E-state index < -0.39 is 21.4 Å². The first-order valence-corrected chi connectivity index (χ1v) is 9.30. The molecule has 2 saturated heterocycles. The number of amides is 3. The molecule has 1 aromatic carbocycles. The zero-order valence-electron chi connectivity index (χ0n) is 12.6. The zero-order valence-corrected chi connectivity index (χ0v) is 13.4. The minimum atomic E-state index is -3.09. The summed E-state index contributed by atoms with van der Waals surface area (Å²) < 4.78 is 23.1. The van der Waals surface area contributed by atoms with Gasteiger partial charge in [0.25, 0.3) is 5.91 Å². The van der Waals surface area contributed by atoms with E-state index >= 15 is 0 Å². The number of sulfone groups is 1. The molecule has 2 aliphatic heterocycles. The van der Waals surface area contributed by atoms with Gasteiger partial charge in [0.1, 0.15) is 5.54 Å². The number of imide groups is 1. The van der Waals surface area contributed by atoms with Gasteiger partial charge in [-0.05, 0) is 18.4 Å². The maximum Gasteiger partial charge on any atom is 0.325 e. The summed E-state index contributed by atoms with van der Waals surface area (Å²) in [6.07, 6.45) is 3.90. The average molecular weight is 334 g/mol. The van der Waals surface area contributed by atoms with Crippen molar-refractivity contribution in [3.63, 3.8) is 0 Å². The smallest absolute Gasteiger partial charge is 0.323 e. The molecule has 1 aromatic rings. The van der Waals surface area contributed by atoms with Crippen LogP contribution in [0.3, 0.4) is 0 Å². The summed E-state index contributed by atoms with van der Waals surface area (Å²) in [4.78, 5) is 25.8. The molecule has 23 heavy (non-hydrogen) atoms. The van der Waals surface area contributed by atoms with Crippen molar-refractivity contribution >= 4 is 27.9 Å². The lowest BCUT2D eigenvalue weighted by Crippen LogP contribution is -2.52. The van der Waals surface area contributed by atoms with E-state index in [1.165, 1.54) is 0 Å². The van der Waals surface area contributed by atoms with Crippen LogP contribution in [-0.2, 0) is 14.6 Å². The molecule has 0 saturated carbocycles. The fraction of sp³-hybridized carbons (Fsp3) is 0.375. The van der Waals surface area contributed by atoms with Gasteiger partial charge in [0.05, 0.1) is 11.5 Å². The molecule has 2 heterocycles. The van der Waals surface area contributed by atoms with Gasteiger partial charge in [-0.15, -0.1) is 0 Å². The molecule has 3 amide bonds. The average Bonchev–Trinajstić information content (AvgIpc) is 2.76. The summed E-state index contributed by atoms with van der Waals surface area (Å²) in [5.74, 6) is -0.450. The van der Waals surface area contributed by atoms with Crippen LogP contribution in [0.2, 0.25) is 0 Å². The van der Waals surface area contributed by atoms with Crippen LogP contribution in [0.25, 0.3) is 6.08 Å². The fourth-order valence-corrected chi connectivity index (χ4v) is 4.45. The van der Waals surface area contributed by atoms with Crippen LogP contribution in [0.5, 0.6) is 0 Å². The van der Waals surface area contributed by atoms with Crippen LogP contribution in [0, 0.1) is 0 Å². The van der Waals surface area contributed by atoms with Crippen molar-refractivity contribution in [3.05, 3.63) is 42.0 Å². The second-order valence-electron chi connectivity index (χ2n) is 5.89. The quantitative estimate of drug-likeness (QED) is 0.842. The van der Waals surface area contributed by atoms with Gasteiger partial charge in [-0.1, -0.05) is 42.5 Å². The molecular formula is C16H18N2O4S. The van der Waals surface area contributed by atoms with Crippen molar-refractivity contribution in [1.82, 2.24) is 10.2 Å². The van der Waals surface area contributed by atoms with Crippen LogP contribution in [0.1, 0.15) is 18.4 Å². The van der Waals surface area contributed by atoms with Gasteiger partial charge in [0, 0.05) is 6.54 Å². The highest BCUT2D eigenvalue weighted by Gasteiger charge is 2.53. The van der Waals surface area contributed by atoms with Crippen molar-refractivity contribution in [1.29, 1.82) is 0 Å². The molecule has 0 atom stereocenters. The lowest BCUT2D eigenvalue weighted by atomic mass is 9.92. The number of benzene rings is 1. The lowest BCUT2D eigenvalue weighted by molar-refractivity contribution is -0.131. The summed E-state index contributed by atoms with van der Waals surface area (Å²) in [6.45, 7) is 0.175. The third kappa shape index (κ3) is 3.14. The summed E-state index contributed by atoms with van der Waals surface area (Å²) in [6, 6.07) is 9.13. The Balaban J connectivity index is 1.69. The molecule has 1 spiro atoms. The van der Waals surface area contributed by atoms with Gasteiger partial charge in [0.2, 0.25) is 0 Å². The molecule has 0 bridgehead atoms. The van der Waals surface area contributed by atoms with E-state index in [9.17, 15) is 18.0 Å². The molecule has 6 nitrogen and oxygen atoms in total. The molecule has 122 valence electrons. The predicted octanol–water partition coefficient (Wildman–Crippen LogP) is 1.20. The first-order valence-electron chi connectivity index (χ1n) is 7.48. The van der Waals surface area contributed by atoms with E-state index in [0.29, 0.717) is 0 Å². The van der Waals surface area contributed by atoms with Gasteiger partial charge < -0.3 is 5.32 Å². The zero-order chi connectivity index (χ0) is 16.5. The van der Waals surface area contributed by atoms with Gasteiger partial charge in [-0.25, -0.2) is 13.2 Å². The SMILES string of the molecule is O=C1NC2(CCS(=O)(=O)CC2)C(=O)N1C/C=C\c1ccccc1. The Bertz CT molecular complexity index is 742. The van der Waals surface area contributed by atoms with Gasteiger partial charge in [-0.3, -0.25) is 9.69 Å². The van der Waals surface area contributed by atoms with Gasteiger partial charge in [-0.2, -0.15) is 0 Å². The second-order valence-corrected chi connectivity index (χ2v) is 8.20. The standard InChI is InChI=1S/C16H18N2O4S/c19-14-16(8-11-23(21,22)12-9-16)17-15(20)18(14)10-4-7-13-5-2-1-3-6-13/h1-7H,8-12H2,(H,17,20)/b7-4-. The Labute approximate surface area is 135 Å². The highest BCUT2D eigenvalue weighted by Crippen LogP contribution is 2.30.